The zero-order chi connectivity index (χ0) is 11.1. The SMILES string of the molecule is COCc1ccccc1CNC[C@H](C)O. The molecule has 0 aromatic heterocycles. The Kier molecular flexibility index (Phi) is 5.32. The number of nitrogens with one attached hydrogen (secondary N) is 1. The van der Waals surface area contributed by atoms with Gasteiger partial charge in [-0.2, -0.15) is 0 Å². The van der Waals surface area contributed by atoms with Gasteiger partial charge in [-0.05, 0) is 18.1 Å². The van der Waals surface area contributed by atoms with Crippen LogP contribution in [0.5, 0.6) is 0 Å². The lowest BCUT2D eigenvalue weighted by molar-refractivity contribution is 0.182. The van der Waals surface area contributed by atoms with Gasteiger partial charge in [0.15, 0.2) is 0 Å². The summed E-state index contributed by atoms with van der Waals surface area (Å²) in [5.41, 5.74) is 2.41. The fourth-order valence-corrected chi connectivity index (χ4v) is 1.44. The highest BCUT2D eigenvalue weighted by atomic mass is 16.5. The molecule has 15 heavy (non-hydrogen) atoms. The number of ether oxygens (including phenoxy) is 1. The number of aliphatic hydroxyl groups excluding tert-OH is 1. The minimum Gasteiger partial charge on any atom is -0.392 e. The second-order valence-corrected chi connectivity index (χ2v) is 3.68. The second kappa shape index (κ2) is 6.56. The summed E-state index contributed by atoms with van der Waals surface area (Å²) in [4.78, 5) is 0. The van der Waals surface area contributed by atoms with Crippen molar-refractivity contribution in [2.24, 2.45) is 0 Å². The molecule has 1 aromatic carbocycles. The van der Waals surface area contributed by atoms with Crippen LogP contribution in [0.15, 0.2) is 24.3 Å². The van der Waals surface area contributed by atoms with Gasteiger partial charge in [0.05, 0.1) is 12.7 Å². The number of aliphatic hydroxyl groups is 1. The third-order valence-electron chi connectivity index (χ3n) is 2.17. The minimum atomic E-state index is -0.306. The van der Waals surface area contributed by atoms with Crippen molar-refractivity contribution in [3.63, 3.8) is 0 Å². The molecule has 0 heterocycles. The van der Waals surface area contributed by atoms with Crippen LogP contribution in [-0.4, -0.2) is 24.9 Å². The van der Waals surface area contributed by atoms with E-state index >= 15 is 0 Å². The Hall–Kier alpha value is -0.900. The Labute approximate surface area is 91.1 Å². The van der Waals surface area contributed by atoms with Crippen LogP contribution < -0.4 is 5.32 Å². The average molecular weight is 209 g/mol. The highest BCUT2D eigenvalue weighted by Gasteiger charge is 2.01. The fraction of sp³-hybridized carbons (Fsp3) is 0.500. The summed E-state index contributed by atoms with van der Waals surface area (Å²) in [5, 5.41) is 12.3. The van der Waals surface area contributed by atoms with E-state index in [9.17, 15) is 0 Å². The van der Waals surface area contributed by atoms with Crippen LogP contribution in [-0.2, 0) is 17.9 Å². The first-order valence-electron chi connectivity index (χ1n) is 5.18. The van der Waals surface area contributed by atoms with E-state index in [2.05, 4.69) is 17.4 Å². The van der Waals surface area contributed by atoms with Crippen molar-refractivity contribution in [2.45, 2.75) is 26.2 Å². The number of methoxy groups -OCH3 is 1. The molecule has 1 rings (SSSR count). The van der Waals surface area contributed by atoms with Gasteiger partial charge in [-0.25, -0.2) is 0 Å². The summed E-state index contributed by atoms with van der Waals surface area (Å²) in [5.74, 6) is 0. The van der Waals surface area contributed by atoms with E-state index in [0.29, 0.717) is 13.2 Å². The van der Waals surface area contributed by atoms with E-state index < -0.39 is 0 Å². The lowest BCUT2D eigenvalue weighted by atomic mass is 10.1. The number of benzene rings is 1. The lowest BCUT2D eigenvalue weighted by Crippen LogP contribution is -2.24. The van der Waals surface area contributed by atoms with Gasteiger partial charge < -0.3 is 15.2 Å². The van der Waals surface area contributed by atoms with Crippen LogP contribution in [0.3, 0.4) is 0 Å². The number of rotatable bonds is 6. The number of hydrogen-bond acceptors (Lipinski definition) is 3. The van der Waals surface area contributed by atoms with Crippen LogP contribution >= 0.6 is 0 Å². The maximum atomic E-state index is 9.12. The Morgan fingerprint density at radius 3 is 2.60 bits per heavy atom. The average Bonchev–Trinajstić information content (AvgIpc) is 2.20. The monoisotopic (exact) mass is 209 g/mol. The van der Waals surface area contributed by atoms with Crippen molar-refractivity contribution in [3.8, 4) is 0 Å². The van der Waals surface area contributed by atoms with Crippen LogP contribution in [0.25, 0.3) is 0 Å². The predicted octanol–water partition coefficient (Wildman–Crippen LogP) is 1.30. The molecule has 84 valence electrons. The summed E-state index contributed by atoms with van der Waals surface area (Å²) in [6.45, 7) is 3.78. The molecule has 0 aliphatic heterocycles. The third kappa shape index (κ3) is 4.42. The van der Waals surface area contributed by atoms with E-state index in [1.165, 1.54) is 11.1 Å². The Balaban J connectivity index is 2.51. The molecule has 3 nitrogen and oxygen atoms in total. The van der Waals surface area contributed by atoms with Gasteiger partial charge in [-0.1, -0.05) is 24.3 Å². The molecule has 0 fully saturated rings. The molecule has 1 atom stereocenters. The van der Waals surface area contributed by atoms with E-state index in [1.807, 2.05) is 12.1 Å². The summed E-state index contributed by atoms with van der Waals surface area (Å²) in [6.07, 6.45) is -0.306. The van der Waals surface area contributed by atoms with Crippen LogP contribution in [0, 0.1) is 0 Å². The topological polar surface area (TPSA) is 41.5 Å². The number of hydrogen-bond donors (Lipinski definition) is 2. The first kappa shape index (κ1) is 12.2. The summed E-state index contributed by atoms with van der Waals surface area (Å²) in [7, 11) is 1.69. The van der Waals surface area contributed by atoms with Crippen LogP contribution in [0.1, 0.15) is 18.1 Å². The van der Waals surface area contributed by atoms with Crippen molar-refractivity contribution >= 4 is 0 Å². The van der Waals surface area contributed by atoms with E-state index in [1.54, 1.807) is 14.0 Å². The molecule has 2 N–H and O–H groups in total. The Bertz CT molecular complexity index is 287. The van der Waals surface area contributed by atoms with Gasteiger partial charge in [0, 0.05) is 20.2 Å². The molecular formula is C12H19NO2. The van der Waals surface area contributed by atoms with Crippen LogP contribution in [0.4, 0.5) is 0 Å². The first-order valence-corrected chi connectivity index (χ1v) is 5.18. The second-order valence-electron chi connectivity index (χ2n) is 3.68. The zero-order valence-corrected chi connectivity index (χ0v) is 9.36. The van der Waals surface area contributed by atoms with Gasteiger partial charge in [-0.3, -0.25) is 0 Å². The molecule has 0 bridgehead atoms. The van der Waals surface area contributed by atoms with Gasteiger partial charge in [0.1, 0.15) is 0 Å². The van der Waals surface area contributed by atoms with Crippen molar-refractivity contribution in [1.82, 2.24) is 5.32 Å². The molecule has 0 spiro atoms. The highest BCUT2D eigenvalue weighted by Crippen LogP contribution is 2.09. The minimum absolute atomic E-state index is 0.306. The molecule has 1 aromatic rings. The van der Waals surface area contributed by atoms with Gasteiger partial charge in [0.2, 0.25) is 0 Å². The maximum absolute atomic E-state index is 9.12. The van der Waals surface area contributed by atoms with Crippen molar-refractivity contribution in [1.29, 1.82) is 0 Å². The third-order valence-corrected chi connectivity index (χ3v) is 2.17. The summed E-state index contributed by atoms with van der Waals surface area (Å²) >= 11 is 0. The molecule has 0 saturated carbocycles. The summed E-state index contributed by atoms with van der Waals surface area (Å²) < 4.78 is 5.12. The van der Waals surface area contributed by atoms with Gasteiger partial charge in [-0.15, -0.1) is 0 Å². The maximum Gasteiger partial charge on any atom is 0.0716 e. The Morgan fingerprint density at radius 2 is 2.00 bits per heavy atom. The van der Waals surface area contributed by atoms with E-state index in [-0.39, 0.29) is 6.10 Å². The molecule has 0 unspecified atom stereocenters. The normalized spacial score (nSPS) is 12.7. The molecule has 0 aliphatic carbocycles. The molecule has 3 heteroatoms. The Morgan fingerprint density at radius 1 is 1.33 bits per heavy atom. The van der Waals surface area contributed by atoms with Gasteiger partial charge >= 0.3 is 0 Å². The predicted molar refractivity (Wildman–Crippen MR) is 60.5 cm³/mol. The molecular weight excluding hydrogens is 190 g/mol. The molecule has 0 saturated heterocycles. The first-order chi connectivity index (χ1) is 7.24. The molecule has 0 aliphatic rings. The zero-order valence-electron chi connectivity index (χ0n) is 9.36. The quantitative estimate of drug-likeness (QED) is 0.742. The summed E-state index contributed by atoms with van der Waals surface area (Å²) in [6, 6.07) is 8.15. The van der Waals surface area contributed by atoms with Crippen LogP contribution in [0.2, 0.25) is 0 Å². The molecule has 0 amide bonds. The van der Waals surface area contributed by atoms with Crippen molar-refractivity contribution < 1.29 is 9.84 Å². The highest BCUT2D eigenvalue weighted by molar-refractivity contribution is 5.26. The van der Waals surface area contributed by atoms with Crippen molar-refractivity contribution in [2.75, 3.05) is 13.7 Å². The molecule has 0 radical (unpaired) electrons. The fourth-order valence-electron chi connectivity index (χ4n) is 1.44. The van der Waals surface area contributed by atoms with E-state index in [0.717, 1.165) is 6.54 Å². The largest absolute Gasteiger partial charge is 0.392 e. The van der Waals surface area contributed by atoms with Crippen molar-refractivity contribution in [3.05, 3.63) is 35.4 Å². The van der Waals surface area contributed by atoms with Gasteiger partial charge in [0.25, 0.3) is 0 Å². The lowest BCUT2D eigenvalue weighted by Gasteiger charge is -2.10. The van der Waals surface area contributed by atoms with E-state index in [4.69, 9.17) is 9.84 Å². The standard InChI is InChI=1S/C12H19NO2/c1-10(14)7-13-8-11-5-3-4-6-12(11)9-15-2/h3-6,10,13-14H,7-9H2,1-2H3/t10-/m0/s1. The smallest absolute Gasteiger partial charge is 0.0716 e.